The van der Waals surface area contributed by atoms with Crippen molar-refractivity contribution >= 4 is 42.1 Å². The van der Waals surface area contributed by atoms with Crippen molar-refractivity contribution < 1.29 is 31.2 Å². The average molecular weight is 753 g/mol. The number of ketones is 1. The van der Waals surface area contributed by atoms with Crippen molar-refractivity contribution in [2.75, 3.05) is 19.6 Å². The quantitative estimate of drug-likeness (QED) is 0.131. The molecule has 281 valence electrons. The summed E-state index contributed by atoms with van der Waals surface area (Å²) in [4.78, 5) is 38.2. The topological polar surface area (TPSA) is 64.2 Å². The Morgan fingerprint density at radius 1 is 0.491 bits per heavy atom. The Labute approximate surface area is 327 Å². The second kappa shape index (κ2) is 18.1. The van der Waals surface area contributed by atoms with Gasteiger partial charge in [-0.15, -0.1) is 18.7 Å². The molecule has 4 aromatic carbocycles. The number of hydrogen-bond acceptors (Lipinski definition) is 7. The van der Waals surface area contributed by atoms with Crippen LogP contribution >= 0.6 is 0 Å². The summed E-state index contributed by atoms with van der Waals surface area (Å²) in [5, 5.41) is 0. The van der Waals surface area contributed by atoms with Crippen LogP contribution in [0.2, 0.25) is 0 Å². The molecule has 6 rings (SSSR count). The summed E-state index contributed by atoms with van der Waals surface area (Å²) < 4.78 is 0. The Kier molecular flexibility index (Phi) is 14.5. The van der Waals surface area contributed by atoms with Crippen molar-refractivity contribution in [1.82, 2.24) is 0 Å². The van der Waals surface area contributed by atoms with E-state index < -0.39 is 0 Å². The first kappa shape index (κ1) is 42.4. The molecule has 4 aromatic rings. The fourth-order valence-electron chi connectivity index (χ4n) is 7.82. The number of Topliss-reactive ketones (excluding diaryl/α,β-unsaturated/α-hetero) is 1. The molecule has 0 atom stereocenters. The van der Waals surface area contributed by atoms with Crippen LogP contribution in [-0.2, 0) is 37.6 Å². The maximum Gasteiger partial charge on any atom is 0.106 e. The van der Waals surface area contributed by atoms with Crippen LogP contribution in [0.3, 0.4) is 0 Å². The van der Waals surface area contributed by atoms with Crippen LogP contribution in [0.25, 0.3) is 0 Å². The van der Waals surface area contributed by atoms with E-state index in [-0.39, 0.29) is 22.6 Å². The molecule has 2 aliphatic heterocycles. The van der Waals surface area contributed by atoms with Crippen LogP contribution in [0, 0.1) is 89.0 Å². The molecule has 0 unspecified atom stereocenters. The van der Waals surface area contributed by atoms with Gasteiger partial charge >= 0.3 is 0 Å². The van der Waals surface area contributed by atoms with Crippen molar-refractivity contribution in [3.05, 3.63) is 160 Å². The molecule has 1 radical (unpaired) electrons. The Balaban J connectivity index is 0.00000146. The van der Waals surface area contributed by atoms with Crippen LogP contribution in [0.4, 0.5) is 22.7 Å². The smallest absolute Gasteiger partial charge is 0.106 e. The van der Waals surface area contributed by atoms with Gasteiger partial charge < -0.3 is 34.0 Å². The molecular weight excluding hydrogens is 703 g/mol. The second-order valence-electron chi connectivity index (χ2n) is 13.8. The second-order valence-corrected chi connectivity index (χ2v) is 13.8. The SMILES string of the molecule is Cc1cc(C)c(N2C=CN(c3c(C)cc(C)cc3[CH-]C(=O)Cc3cc(C)cc(C)c3N3C=CN(c4c(C)cc(C)cc4C)[CH-]3)[CH-]2)c(C)c1.[CH-]=O.[CH-]=O.[Co]. The predicted octanol–water partition coefficient (Wildman–Crippen LogP) is 9.42. The van der Waals surface area contributed by atoms with E-state index in [1.54, 1.807) is 0 Å². The molecule has 0 aromatic heterocycles. The molecule has 2 heterocycles. The summed E-state index contributed by atoms with van der Waals surface area (Å²) >= 11 is 0. The summed E-state index contributed by atoms with van der Waals surface area (Å²) in [5.74, 6) is 0.0722. The normalized spacial score (nSPS) is 12.9. The van der Waals surface area contributed by atoms with Gasteiger partial charge in [-0.25, -0.2) is 0 Å². The van der Waals surface area contributed by atoms with Crippen LogP contribution in [0.15, 0.2) is 73.3 Å². The Morgan fingerprint density at radius 3 is 1.21 bits per heavy atom. The Bertz CT molecular complexity index is 1850. The molecule has 0 saturated carbocycles. The van der Waals surface area contributed by atoms with Crippen molar-refractivity contribution in [3.63, 3.8) is 0 Å². The molecule has 0 spiro atoms. The Morgan fingerprint density at radius 2 is 0.792 bits per heavy atom. The Hall–Kier alpha value is -5.05. The molecule has 0 fully saturated rings. The van der Waals surface area contributed by atoms with E-state index in [0.29, 0.717) is 6.42 Å². The fourth-order valence-corrected chi connectivity index (χ4v) is 7.82. The molecule has 0 amide bonds. The third-order valence-corrected chi connectivity index (χ3v) is 9.26. The maximum atomic E-state index is 14.0. The number of benzene rings is 4. The average Bonchev–Trinajstić information content (AvgIpc) is 3.72. The number of hydrogen-bond donors (Lipinski definition) is 0. The van der Waals surface area contributed by atoms with E-state index in [1.807, 2.05) is 6.42 Å². The zero-order valence-corrected chi connectivity index (χ0v) is 33.4. The van der Waals surface area contributed by atoms with Gasteiger partial charge in [0, 0.05) is 40.3 Å². The minimum absolute atomic E-state index is 0. The zero-order chi connectivity index (χ0) is 38.4. The maximum absolute atomic E-state index is 14.0. The molecule has 8 heteroatoms. The molecule has 0 bridgehead atoms. The van der Waals surface area contributed by atoms with E-state index in [9.17, 15) is 4.79 Å². The van der Waals surface area contributed by atoms with Gasteiger partial charge in [0.25, 0.3) is 0 Å². The van der Waals surface area contributed by atoms with Crippen LogP contribution in [0.1, 0.15) is 66.8 Å². The predicted molar refractivity (Wildman–Crippen MR) is 216 cm³/mol. The van der Waals surface area contributed by atoms with Crippen molar-refractivity contribution in [1.29, 1.82) is 0 Å². The molecular formula is C45H49CoN4O3-5. The first-order valence-corrected chi connectivity index (χ1v) is 17.2. The number of rotatable bonds is 8. The number of carbonyl (C=O) groups is 1. The molecule has 7 nitrogen and oxygen atoms in total. The molecule has 0 aliphatic carbocycles. The zero-order valence-electron chi connectivity index (χ0n) is 32.4. The largest absolute Gasteiger partial charge is 0.545 e. The number of nitrogens with zero attached hydrogens (tertiary/aromatic N) is 4. The van der Waals surface area contributed by atoms with Crippen LogP contribution < -0.4 is 19.6 Å². The van der Waals surface area contributed by atoms with Gasteiger partial charge in [-0.2, -0.15) is 18.3 Å². The first-order chi connectivity index (χ1) is 24.8. The van der Waals surface area contributed by atoms with E-state index >= 15 is 0 Å². The molecule has 0 N–H and O–H groups in total. The van der Waals surface area contributed by atoms with Gasteiger partial charge in [0.2, 0.25) is 0 Å². The van der Waals surface area contributed by atoms with Crippen LogP contribution in [-0.4, -0.2) is 19.4 Å². The van der Waals surface area contributed by atoms with Gasteiger partial charge in [0.05, 0.1) is 0 Å². The van der Waals surface area contributed by atoms with E-state index in [0.717, 1.165) is 44.8 Å². The molecule has 0 saturated heterocycles. The monoisotopic (exact) mass is 752 g/mol. The minimum Gasteiger partial charge on any atom is -0.545 e. The van der Waals surface area contributed by atoms with Crippen molar-refractivity contribution in [3.8, 4) is 0 Å². The van der Waals surface area contributed by atoms with Crippen molar-refractivity contribution in [2.45, 2.75) is 75.7 Å². The van der Waals surface area contributed by atoms with Crippen molar-refractivity contribution in [2.24, 2.45) is 0 Å². The third-order valence-electron chi connectivity index (χ3n) is 9.26. The van der Waals surface area contributed by atoms with Gasteiger partial charge in [-0.1, -0.05) is 77.3 Å². The van der Waals surface area contributed by atoms with Crippen LogP contribution in [0.5, 0.6) is 0 Å². The summed E-state index contributed by atoms with van der Waals surface area (Å²) in [7, 11) is 0. The number of anilines is 4. The third kappa shape index (κ3) is 9.31. The summed E-state index contributed by atoms with van der Waals surface area (Å²) in [5.41, 5.74) is 18.4. The summed E-state index contributed by atoms with van der Waals surface area (Å²) in [6, 6.07) is 17.6. The summed E-state index contributed by atoms with van der Waals surface area (Å²) in [6.07, 6.45) is 10.5. The van der Waals surface area contributed by atoms with E-state index in [2.05, 4.69) is 189 Å². The van der Waals surface area contributed by atoms with E-state index in [4.69, 9.17) is 9.59 Å². The fraction of sp³-hybridized carbons (Fsp3) is 0.244. The first-order valence-electron chi connectivity index (χ1n) is 17.2. The van der Waals surface area contributed by atoms with Gasteiger partial charge in [0.1, 0.15) is 5.78 Å². The van der Waals surface area contributed by atoms with E-state index in [1.165, 1.54) is 44.8 Å². The molecule has 53 heavy (non-hydrogen) atoms. The van der Waals surface area contributed by atoms with Gasteiger partial charge in [0.15, 0.2) is 0 Å². The minimum atomic E-state index is 0. The number of carbonyl (C=O) groups excluding carboxylic acids is 3. The summed E-state index contributed by atoms with van der Waals surface area (Å²) in [6.45, 7) is 32.1. The number of aryl methyl sites for hydroxylation is 10. The van der Waals surface area contributed by atoms with Gasteiger partial charge in [-0.3, -0.25) is 13.6 Å². The standard InChI is InChI=1S/C43H47N4O.2CHO.Co/c1-27-15-31(5)40(32(6)16-27)44-11-13-46(25-44)42-35(9)19-29(3)21-37(42)23-39(48)24-38-22-30(4)20-36(10)43(38)47-14-12-45(26-47)41-33(7)17-28(2)18-34(41)8;2*1-2;/h11-23,25-26H,24H2,1-10H3;2*1H;/q-3;2*-1;. The molecule has 2 aliphatic rings. The van der Waals surface area contributed by atoms with Gasteiger partial charge in [-0.05, 0) is 120 Å².